The molecule has 0 saturated heterocycles. The third-order valence-electron chi connectivity index (χ3n) is 4.49. The minimum absolute atomic E-state index is 0.154. The molecule has 0 amide bonds. The molecule has 0 bridgehead atoms. The molecule has 3 rings (SSSR count). The predicted octanol–water partition coefficient (Wildman–Crippen LogP) is 3.34. The fourth-order valence-electron chi connectivity index (χ4n) is 3.26. The van der Waals surface area contributed by atoms with Crippen molar-refractivity contribution < 1.29 is 18.7 Å². The first kappa shape index (κ1) is 17.3. The van der Waals surface area contributed by atoms with Crippen LogP contribution in [0.3, 0.4) is 0 Å². The summed E-state index contributed by atoms with van der Waals surface area (Å²) in [6.45, 7) is 5.48. The number of esters is 1. The fraction of sp³-hybridized carbons (Fsp3) is 0.400. The van der Waals surface area contributed by atoms with Crippen molar-refractivity contribution in [2.75, 3.05) is 13.2 Å². The van der Waals surface area contributed by atoms with Crippen molar-refractivity contribution in [1.29, 1.82) is 0 Å². The molecule has 0 saturated carbocycles. The zero-order chi connectivity index (χ0) is 17.8. The van der Waals surface area contributed by atoms with E-state index in [1.165, 1.54) is 6.08 Å². The Bertz CT molecular complexity index is 862. The standard InChI is InChI=1S/C20H22O5/c1-3-9-23-19(21)12-24-17-11-18-16(10-13(17)4-2)14-7-5-6-8-15(14)20(22)25-18/h3,10-11H,1,4-9,12H2,2H3. The van der Waals surface area contributed by atoms with E-state index in [1.807, 2.05) is 13.0 Å². The first-order valence-corrected chi connectivity index (χ1v) is 8.64. The van der Waals surface area contributed by atoms with Gasteiger partial charge in [-0.2, -0.15) is 0 Å². The highest BCUT2D eigenvalue weighted by Crippen LogP contribution is 2.32. The number of fused-ring (bicyclic) bond motifs is 3. The van der Waals surface area contributed by atoms with Crippen molar-refractivity contribution in [2.24, 2.45) is 0 Å². The molecule has 25 heavy (non-hydrogen) atoms. The van der Waals surface area contributed by atoms with Crippen LogP contribution in [0.1, 0.15) is 36.5 Å². The third-order valence-corrected chi connectivity index (χ3v) is 4.49. The van der Waals surface area contributed by atoms with Crippen LogP contribution in [0.15, 0.2) is 34.0 Å². The summed E-state index contributed by atoms with van der Waals surface area (Å²) in [6, 6.07) is 3.73. The van der Waals surface area contributed by atoms with Gasteiger partial charge in [0.15, 0.2) is 6.61 Å². The molecule has 5 heteroatoms. The van der Waals surface area contributed by atoms with Crippen molar-refractivity contribution in [3.63, 3.8) is 0 Å². The zero-order valence-electron chi connectivity index (χ0n) is 14.4. The molecule has 5 nitrogen and oxygen atoms in total. The molecule has 2 aromatic rings. The van der Waals surface area contributed by atoms with Crippen LogP contribution in [0.4, 0.5) is 0 Å². The summed E-state index contributed by atoms with van der Waals surface area (Å²) in [5, 5.41) is 0.979. The van der Waals surface area contributed by atoms with Gasteiger partial charge in [0.1, 0.15) is 17.9 Å². The predicted molar refractivity (Wildman–Crippen MR) is 95.2 cm³/mol. The van der Waals surface area contributed by atoms with E-state index < -0.39 is 5.97 Å². The van der Waals surface area contributed by atoms with Gasteiger partial charge in [0, 0.05) is 17.0 Å². The molecule has 0 fully saturated rings. The molecule has 1 aliphatic rings. The molecule has 0 atom stereocenters. The van der Waals surface area contributed by atoms with Gasteiger partial charge in [-0.3, -0.25) is 0 Å². The maximum absolute atomic E-state index is 12.2. The van der Waals surface area contributed by atoms with Gasteiger partial charge in [-0.25, -0.2) is 9.59 Å². The summed E-state index contributed by atoms with van der Waals surface area (Å²) in [5.74, 6) is 0.0819. The van der Waals surface area contributed by atoms with Crippen molar-refractivity contribution in [2.45, 2.75) is 39.0 Å². The largest absolute Gasteiger partial charge is 0.481 e. The fourth-order valence-corrected chi connectivity index (χ4v) is 3.26. The lowest BCUT2D eigenvalue weighted by Crippen LogP contribution is -2.17. The number of rotatable bonds is 6. The second-order valence-corrected chi connectivity index (χ2v) is 6.12. The topological polar surface area (TPSA) is 65.7 Å². The lowest BCUT2D eigenvalue weighted by atomic mass is 9.90. The Kier molecular flexibility index (Phi) is 5.22. The monoisotopic (exact) mass is 342 g/mol. The number of ether oxygens (including phenoxy) is 2. The van der Waals surface area contributed by atoms with Gasteiger partial charge in [0.25, 0.3) is 0 Å². The van der Waals surface area contributed by atoms with Crippen LogP contribution < -0.4 is 10.4 Å². The molecule has 1 aromatic carbocycles. The molecule has 1 heterocycles. The van der Waals surface area contributed by atoms with E-state index in [1.54, 1.807) is 6.07 Å². The van der Waals surface area contributed by atoms with E-state index in [-0.39, 0.29) is 18.8 Å². The maximum Gasteiger partial charge on any atom is 0.344 e. The van der Waals surface area contributed by atoms with Crippen LogP contribution >= 0.6 is 0 Å². The molecule has 0 aliphatic heterocycles. The molecule has 0 spiro atoms. The molecule has 1 aromatic heterocycles. The molecule has 1 aliphatic carbocycles. The third kappa shape index (κ3) is 3.60. The van der Waals surface area contributed by atoms with E-state index in [9.17, 15) is 9.59 Å². The van der Waals surface area contributed by atoms with Crippen molar-refractivity contribution >= 4 is 16.9 Å². The first-order chi connectivity index (χ1) is 12.1. The van der Waals surface area contributed by atoms with E-state index in [2.05, 4.69) is 6.58 Å². The van der Waals surface area contributed by atoms with Gasteiger partial charge < -0.3 is 13.9 Å². The number of carbonyl (C=O) groups excluding carboxylic acids is 1. The van der Waals surface area contributed by atoms with Crippen molar-refractivity contribution in [1.82, 2.24) is 0 Å². The minimum Gasteiger partial charge on any atom is -0.481 e. The first-order valence-electron chi connectivity index (χ1n) is 8.64. The van der Waals surface area contributed by atoms with Crippen LogP contribution in [0, 0.1) is 0 Å². The summed E-state index contributed by atoms with van der Waals surface area (Å²) >= 11 is 0. The molecule has 0 radical (unpaired) electrons. The molecule has 0 N–H and O–H groups in total. The van der Waals surface area contributed by atoms with E-state index >= 15 is 0 Å². The smallest absolute Gasteiger partial charge is 0.344 e. The zero-order valence-corrected chi connectivity index (χ0v) is 14.4. The number of carbonyl (C=O) groups is 1. The highest BCUT2D eigenvalue weighted by atomic mass is 16.6. The van der Waals surface area contributed by atoms with Crippen molar-refractivity contribution in [3.8, 4) is 5.75 Å². The Morgan fingerprint density at radius 2 is 2.04 bits per heavy atom. The maximum atomic E-state index is 12.2. The average molecular weight is 342 g/mol. The second-order valence-electron chi connectivity index (χ2n) is 6.12. The Morgan fingerprint density at radius 1 is 1.28 bits per heavy atom. The van der Waals surface area contributed by atoms with Gasteiger partial charge in [-0.1, -0.05) is 19.6 Å². The van der Waals surface area contributed by atoms with Crippen LogP contribution in [0.5, 0.6) is 5.75 Å². The minimum atomic E-state index is -0.464. The van der Waals surface area contributed by atoms with Crippen LogP contribution in [0.25, 0.3) is 11.0 Å². The Hall–Kier alpha value is -2.56. The highest BCUT2D eigenvalue weighted by Gasteiger charge is 2.19. The normalized spacial score (nSPS) is 13.3. The molecule has 132 valence electrons. The number of benzene rings is 1. The molecule has 0 unspecified atom stereocenters. The summed E-state index contributed by atoms with van der Waals surface area (Å²) in [5.41, 5.74) is 3.14. The van der Waals surface area contributed by atoms with Gasteiger partial charge >= 0.3 is 11.6 Å². The second kappa shape index (κ2) is 7.55. The van der Waals surface area contributed by atoms with Gasteiger partial charge in [0.2, 0.25) is 0 Å². The van der Waals surface area contributed by atoms with Gasteiger partial charge in [0.05, 0.1) is 0 Å². The Labute approximate surface area is 146 Å². The van der Waals surface area contributed by atoms with E-state index in [0.29, 0.717) is 11.3 Å². The number of hydrogen-bond donors (Lipinski definition) is 0. The summed E-state index contributed by atoms with van der Waals surface area (Å²) in [7, 11) is 0. The molecular weight excluding hydrogens is 320 g/mol. The SMILES string of the molecule is C=CCOC(=O)COc1cc2oc(=O)c3c(c2cc1CC)CCCC3. The van der Waals surface area contributed by atoms with Crippen molar-refractivity contribution in [3.05, 3.63) is 51.9 Å². The quantitative estimate of drug-likeness (QED) is 0.458. The summed E-state index contributed by atoms with van der Waals surface area (Å²) in [6.07, 6.45) is 6.04. The van der Waals surface area contributed by atoms with Crippen LogP contribution in [-0.4, -0.2) is 19.2 Å². The van der Waals surface area contributed by atoms with E-state index in [0.717, 1.165) is 54.2 Å². The number of hydrogen-bond acceptors (Lipinski definition) is 5. The van der Waals surface area contributed by atoms with Gasteiger partial charge in [-0.15, -0.1) is 0 Å². The number of aryl methyl sites for hydroxylation is 2. The lowest BCUT2D eigenvalue weighted by molar-refractivity contribution is -0.144. The lowest BCUT2D eigenvalue weighted by Gasteiger charge is -2.18. The molecular formula is C20H22O5. The highest BCUT2D eigenvalue weighted by molar-refractivity contribution is 5.84. The Balaban J connectivity index is 1.96. The average Bonchev–Trinajstić information content (AvgIpc) is 2.64. The van der Waals surface area contributed by atoms with Gasteiger partial charge in [-0.05, 0) is 49.3 Å². The summed E-state index contributed by atoms with van der Waals surface area (Å²) < 4.78 is 16.0. The summed E-state index contributed by atoms with van der Waals surface area (Å²) in [4.78, 5) is 23.9. The van der Waals surface area contributed by atoms with E-state index in [4.69, 9.17) is 13.9 Å². The van der Waals surface area contributed by atoms with Crippen LogP contribution in [0.2, 0.25) is 0 Å². The van der Waals surface area contributed by atoms with Crippen LogP contribution in [-0.2, 0) is 28.8 Å². The Morgan fingerprint density at radius 3 is 2.76 bits per heavy atom.